The fraction of sp³-hybridized carbons (Fsp3) is 0.688. The van der Waals surface area contributed by atoms with Crippen LogP contribution in [0, 0.1) is 11.3 Å². The smallest absolute Gasteiger partial charge is 0.331 e. The van der Waals surface area contributed by atoms with Crippen LogP contribution in [0.2, 0.25) is 0 Å². The first-order valence-electron chi connectivity index (χ1n) is 8.10. The quantitative estimate of drug-likeness (QED) is 0.917. The molecule has 1 aromatic rings. The summed E-state index contributed by atoms with van der Waals surface area (Å²) in [6.45, 7) is 1.02. The first-order valence-corrected chi connectivity index (χ1v) is 8.10. The molecule has 118 valence electrons. The van der Waals surface area contributed by atoms with E-state index in [1.54, 1.807) is 23.1 Å². The van der Waals surface area contributed by atoms with E-state index in [0.717, 1.165) is 6.42 Å². The van der Waals surface area contributed by atoms with E-state index < -0.39 is 11.5 Å². The van der Waals surface area contributed by atoms with Gasteiger partial charge in [-0.25, -0.2) is 4.79 Å². The molecule has 1 saturated heterocycles. The van der Waals surface area contributed by atoms with Crippen LogP contribution in [0.5, 0.6) is 0 Å². The molecule has 2 saturated carbocycles. The summed E-state index contributed by atoms with van der Waals surface area (Å²) in [5, 5.41) is 13.8. The number of likely N-dealkylation sites (tertiary alicyclic amines) is 1. The van der Waals surface area contributed by atoms with E-state index in [9.17, 15) is 14.7 Å². The molecule has 3 aliphatic rings. The van der Waals surface area contributed by atoms with Crippen molar-refractivity contribution >= 4 is 11.9 Å². The molecule has 1 spiro atoms. The lowest BCUT2D eigenvalue weighted by Gasteiger charge is -2.39. The van der Waals surface area contributed by atoms with Gasteiger partial charge in [0, 0.05) is 44.2 Å². The van der Waals surface area contributed by atoms with Gasteiger partial charge in [0.05, 0.1) is 0 Å². The third-order valence-corrected chi connectivity index (χ3v) is 6.08. The van der Waals surface area contributed by atoms with Gasteiger partial charge in [-0.1, -0.05) is 6.42 Å². The molecule has 6 heteroatoms. The fourth-order valence-corrected chi connectivity index (χ4v) is 4.26. The Morgan fingerprint density at radius 1 is 1.18 bits per heavy atom. The van der Waals surface area contributed by atoms with E-state index in [1.165, 1.54) is 19.3 Å². The van der Waals surface area contributed by atoms with Gasteiger partial charge in [-0.2, -0.15) is 5.10 Å². The second-order valence-corrected chi connectivity index (χ2v) is 7.09. The molecule has 0 radical (unpaired) electrons. The predicted molar refractivity (Wildman–Crippen MR) is 78.0 cm³/mol. The summed E-state index contributed by atoms with van der Waals surface area (Å²) in [4.78, 5) is 26.3. The minimum Gasteiger partial charge on any atom is -0.479 e. The molecule has 1 N–H and O–H groups in total. The Bertz CT molecular complexity index is 598. The lowest BCUT2D eigenvalue weighted by atomic mass is 9.79. The topological polar surface area (TPSA) is 75.4 Å². The molecular formula is C16H21N3O3. The third-order valence-electron chi connectivity index (χ3n) is 6.08. The first-order chi connectivity index (χ1) is 10.6. The maximum atomic E-state index is 12.6. The zero-order chi connectivity index (χ0) is 15.4. The van der Waals surface area contributed by atoms with Crippen LogP contribution >= 0.6 is 0 Å². The summed E-state index contributed by atoms with van der Waals surface area (Å²) in [7, 11) is 0. The van der Waals surface area contributed by atoms with Crippen LogP contribution < -0.4 is 0 Å². The minimum absolute atomic E-state index is 0.211. The summed E-state index contributed by atoms with van der Waals surface area (Å²) >= 11 is 0. The molecule has 22 heavy (non-hydrogen) atoms. The number of aromatic nitrogens is 2. The van der Waals surface area contributed by atoms with E-state index in [-0.39, 0.29) is 11.8 Å². The second kappa shape index (κ2) is 4.57. The third kappa shape index (κ3) is 1.82. The molecule has 1 atom stereocenters. The van der Waals surface area contributed by atoms with Gasteiger partial charge in [-0.3, -0.25) is 9.48 Å². The van der Waals surface area contributed by atoms with E-state index in [4.69, 9.17) is 0 Å². The summed E-state index contributed by atoms with van der Waals surface area (Å²) in [6, 6.07) is 1.74. The molecule has 2 heterocycles. The lowest BCUT2D eigenvalue weighted by molar-refractivity contribution is -0.154. The Morgan fingerprint density at radius 3 is 2.36 bits per heavy atom. The zero-order valence-electron chi connectivity index (χ0n) is 12.6. The number of carboxylic acid groups (broad SMARTS) is 1. The van der Waals surface area contributed by atoms with Crippen molar-refractivity contribution in [1.82, 2.24) is 14.7 Å². The van der Waals surface area contributed by atoms with Crippen molar-refractivity contribution < 1.29 is 14.7 Å². The highest BCUT2D eigenvalue weighted by Gasteiger charge is 2.62. The molecule has 1 aromatic heterocycles. The van der Waals surface area contributed by atoms with Crippen LogP contribution in [0.4, 0.5) is 0 Å². The monoisotopic (exact) mass is 303 g/mol. The Kier molecular flexibility index (Phi) is 2.86. The summed E-state index contributed by atoms with van der Waals surface area (Å²) in [5.74, 6) is -0.396. The molecular weight excluding hydrogens is 282 g/mol. The fourth-order valence-electron chi connectivity index (χ4n) is 4.26. The number of nitrogens with zero attached hydrogens (tertiary/aromatic N) is 3. The zero-order valence-corrected chi connectivity index (χ0v) is 12.6. The number of hydrogen-bond donors (Lipinski definition) is 1. The van der Waals surface area contributed by atoms with Crippen LogP contribution in [0.15, 0.2) is 18.5 Å². The molecule has 0 bridgehead atoms. The maximum Gasteiger partial charge on any atom is 0.331 e. The van der Waals surface area contributed by atoms with Gasteiger partial charge in [0.1, 0.15) is 0 Å². The standard InChI is InChI=1S/C16H21N3O3/c20-13(12-11-15(12)3-1-4-15)18-9-5-16(6-10-18,14(21)22)19-8-2-7-17-19/h2,7-8,12H,1,3-6,9-11H2,(H,21,22). The highest BCUT2D eigenvalue weighted by atomic mass is 16.4. The highest BCUT2D eigenvalue weighted by Crippen LogP contribution is 2.66. The average molecular weight is 303 g/mol. The predicted octanol–water partition coefficient (Wildman–Crippen LogP) is 1.48. The Balaban J connectivity index is 1.45. The van der Waals surface area contributed by atoms with E-state index >= 15 is 0 Å². The van der Waals surface area contributed by atoms with Crippen LogP contribution in [0.1, 0.15) is 38.5 Å². The summed E-state index contributed by atoms with van der Waals surface area (Å²) in [5.41, 5.74) is -0.668. The van der Waals surface area contributed by atoms with Crippen molar-refractivity contribution in [2.75, 3.05) is 13.1 Å². The molecule has 4 rings (SSSR count). The van der Waals surface area contributed by atoms with Crippen molar-refractivity contribution in [3.05, 3.63) is 18.5 Å². The number of aliphatic carboxylic acids is 1. The summed E-state index contributed by atoms with van der Waals surface area (Å²) in [6.07, 6.45) is 8.86. The average Bonchev–Trinajstić information content (AvgIpc) is 3.03. The van der Waals surface area contributed by atoms with Crippen molar-refractivity contribution in [2.45, 2.75) is 44.1 Å². The Hall–Kier alpha value is -1.85. The highest BCUT2D eigenvalue weighted by molar-refractivity contribution is 5.84. The number of amides is 1. The van der Waals surface area contributed by atoms with Gasteiger partial charge >= 0.3 is 5.97 Å². The van der Waals surface area contributed by atoms with Gasteiger partial charge in [0.2, 0.25) is 5.91 Å². The van der Waals surface area contributed by atoms with Crippen molar-refractivity contribution in [3.8, 4) is 0 Å². The number of carbonyl (C=O) groups excluding carboxylic acids is 1. The van der Waals surface area contributed by atoms with Crippen LogP contribution in [-0.2, 0) is 15.1 Å². The molecule has 2 aliphatic carbocycles. The first kappa shape index (κ1) is 13.8. The molecule has 1 amide bonds. The number of carbonyl (C=O) groups is 2. The van der Waals surface area contributed by atoms with Crippen molar-refractivity contribution in [1.29, 1.82) is 0 Å². The lowest BCUT2D eigenvalue weighted by Crippen LogP contribution is -2.53. The van der Waals surface area contributed by atoms with E-state index in [1.807, 2.05) is 4.90 Å². The normalized spacial score (nSPS) is 28.2. The van der Waals surface area contributed by atoms with E-state index in [2.05, 4.69) is 5.10 Å². The summed E-state index contributed by atoms with van der Waals surface area (Å²) < 4.78 is 1.54. The van der Waals surface area contributed by atoms with Gasteiger partial charge < -0.3 is 10.0 Å². The largest absolute Gasteiger partial charge is 0.479 e. The minimum atomic E-state index is -1.00. The number of piperidine rings is 1. The Morgan fingerprint density at radius 2 is 1.91 bits per heavy atom. The second-order valence-electron chi connectivity index (χ2n) is 7.09. The van der Waals surface area contributed by atoms with Gasteiger partial charge in [-0.05, 0) is 30.7 Å². The molecule has 1 unspecified atom stereocenters. The van der Waals surface area contributed by atoms with E-state index in [0.29, 0.717) is 31.3 Å². The molecule has 3 fully saturated rings. The number of rotatable bonds is 3. The molecule has 1 aliphatic heterocycles. The number of hydrogen-bond acceptors (Lipinski definition) is 3. The maximum absolute atomic E-state index is 12.6. The van der Waals surface area contributed by atoms with Crippen molar-refractivity contribution in [3.63, 3.8) is 0 Å². The molecule has 6 nitrogen and oxygen atoms in total. The van der Waals surface area contributed by atoms with Crippen LogP contribution in [0.3, 0.4) is 0 Å². The number of carboxylic acids is 1. The van der Waals surface area contributed by atoms with Crippen LogP contribution in [-0.4, -0.2) is 44.8 Å². The SMILES string of the molecule is O=C(C1CC12CCC2)N1CCC(C(=O)O)(n2cccn2)CC1. The van der Waals surface area contributed by atoms with Crippen LogP contribution in [0.25, 0.3) is 0 Å². The van der Waals surface area contributed by atoms with Gasteiger partial charge in [-0.15, -0.1) is 0 Å². The Labute approximate surface area is 129 Å². The van der Waals surface area contributed by atoms with Gasteiger partial charge in [0.25, 0.3) is 0 Å². The van der Waals surface area contributed by atoms with Crippen molar-refractivity contribution in [2.24, 2.45) is 11.3 Å². The molecule has 0 aromatic carbocycles. The van der Waals surface area contributed by atoms with Gasteiger partial charge in [0.15, 0.2) is 5.54 Å².